The van der Waals surface area contributed by atoms with Gasteiger partial charge in [-0.25, -0.2) is 4.79 Å². The zero-order valence-electron chi connectivity index (χ0n) is 17.8. The van der Waals surface area contributed by atoms with Crippen LogP contribution in [0.15, 0.2) is 89.8 Å². The minimum absolute atomic E-state index is 0.0942. The summed E-state index contributed by atoms with van der Waals surface area (Å²) >= 11 is 0. The molecule has 0 radical (unpaired) electrons. The Morgan fingerprint density at radius 1 is 0.875 bits per heavy atom. The summed E-state index contributed by atoms with van der Waals surface area (Å²) in [6.07, 6.45) is 0.260. The van der Waals surface area contributed by atoms with E-state index in [4.69, 9.17) is 13.7 Å². The maximum atomic E-state index is 12.9. The van der Waals surface area contributed by atoms with E-state index in [2.05, 4.69) is 0 Å². The monoisotopic (exact) mass is 454 g/mol. The first-order valence-electron chi connectivity index (χ1n) is 10.4. The highest BCUT2D eigenvalue weighted by atomic mass is 32.2. The summed E-state index contributed by atoms with van der Waals surface area (Å²) in [4.78, 5) is 12.3. The van der Waals surface area contributed by atoms with Crippen molar-refractivity contribution in [2.24, 2.45) is 0 Å². The summed E-state index contributed by atoms with van der Waals surface area (Å²) in [5.41, 5.74) is 1.10. The Morgan fingerprint density at radius 3 is 2.22 bits per heavy atom. The van der Waals surface area contributed by atoms with Crippen molar-refractivity contribution >= 4 is 16.1 Å². The van der Waals surface area contributed by atoms with Gasteiger partial charge in [-0.3, -0.25) is 4.18 Å². The second kappa shape index (κ2) is 11.5. The third kappa shape index (κ3) is 6.93. The lowest BCUT2D eigenvalue weighted by Crippen LogP contribution is -2.29. The molecule has 0 aliphatic rings. The van der Waals surface area contributed by atoms with Crippen LogP contribution in [0.25, 0.3) is 0 Å². The molecule has 3 rings (SSSR count). The maximum absolute atomic E-state index is 12.9. The highest BCUT2D eigenvalue weighted by Crippen LogP contribution is 2.26. The molecule has 0 bridgehead atoms. The molecule has 3 aromatic carbocycles. The van der Waals surface area contributed by atoms with Gasteiger partial charge in [0.15, 0.2) is 6.10 Å². The van der Waals surface area contributed by atoms with Crippen molar-refractivity contribution < 1.29 is 26.9 Å². The number of aryl methyl sites for hydroxylation is 1. The summed E-state index contributed by atoms with van der Waals surface area (Å²) in [6.45, 7) is 1.80. The molecule has 0 fully saturated rings. The molecule has 0 spiro atoms. The second-order valence-corrected chi connectivity index (χ2v) is 8.63. The number of esters is 1. The van der Waals surface area contributed by atoms with E-state index >= 15 is 0 Å². The molecule has 0 saturated heterocycles. The molecule has 3 aromatic rings. The van der Waals surface area contributed by atoms with Crippen LogP contribution in [-0.4, -0.2) is 27.1 Å². The van der Waals surface area contributed by atoms with Crippen LogP contribution < -0.4 is 4.74 Å². The molecule has 0 unspecified atom stereocenters. The van der Waals surface area contributed by atoms with Gasteiger partial charge in [0.2, 0.25) is 0 Å². The van der Waals surface area contributed by atoms with Gasteiger partial charge in [0.1, 0.15) is 11.5 Å². The van der Waals surface area contributed by atoms with Crippen molar-refractivity contribution in [1.82, 2.24) is 0 Å². The first kappa shape index (κ1) is 23.5. The van der Waals surface area contributed by atoms with Crippen molar-refractivity contribution in [3.63, 3.8) is 0 Å². The van der Waals surface area contributed by atoms with E-state index in [1.165, 1.54) is 12.1 Å². The van der Waals surface area contributed by atoms with Crippen LogP contribution in [0, 0.1) is 0 Å². The number of benzene rings is 3. The van der Waals surface area contributed by atoms with E-state index in [0.717, 1.165) is 5.56 Å². The standard InChI is InChI=1S/C25H26O6S/c1-2-29-25(26)24(18-9-13-20-11-5-3-6-12-20)31-32(27,28)23-17-10-16-22(19-23)30-21-14-7-4-8-15-21/h3-8,10-12,14-17,19,24H,2,9,13,18H2,1H3/t24-/m1/s1. The first-order valence-corrected chi connectivity index (χ1v) is 11.9. The average Bonchev–Trinajstić information content (AvgIpc) is 2.80. The van der Waals surface area contributed by atoms with E-state index in [-0.39, 0.29) is 17.9 Å². The summed E-state index contributed by atoms with van der Waals surface area (Å²) in [5, 5.41) is 0. The van der Waals surface area contributed by atoms with Gasteiger partial charge in [0.05, 0.1) is 11.5 Å². The topological polar surface area (TPSA) is 78.9 Å². The predicted octanol–water partition coefficient (Wildman–Crippen LogP) is 5.14. The third-order valence-corrected chi connectivity index (χ3v) is 5.96. The Labute approximate surface area is 188 Å². The van der Waals surface area contributed by atoms with E-state index in [1.54, 1.807) is 31.2 Å². The molecule has 0 aliphatic carbocycles. The molecule has 1 atom stereocenters. The van der Waals surface area contributed by atoms with Crippen LogP contribution in [0.1, 0.15) is 25.3 Å². The van der Waals surface area contributed by atoms with E-state index < -0.39 is 22.2 Å². The van der Waals surface area contributed by atoms with Crippen LogP contribution >= 0.6 is 0 Å². The highest BCUT2D eigenvalue weighted by Gasteiger charge is 2.28. The lowest BCUT2D eigenvalue weighted by molar-refractivity contribution is -0.151. The van der Waals surface area contributed by atoms with Crippen molar-refractivity contribution in [2.45, 2.75) is 37.2 Å². The Balaban J connectivity index is 1.71. The van der Waals surface area contributed by atoms with Crippen molar-refractivity contribution in [3.05, 3.63) is 90.5 Å². The van der Waals surface area contributed by atoms with Gasteiger partial charge in [-0.2, -0.15) is 8.42 Å². The van der Waals surface area contributed by atoms with E-state index in [0.29, 0.717) is 24.3 Å². The quantitative estimate of drug-likeness (QED) is 0.295. The largest absolute Gasteiger partial charge is 0.464 e. The molecule has 6 nitrogen and oxygen atoms in total. The molecule has 0 aromatic heterocycles. The smallest absolute Gasteiger partial charge is 0.336 e. The highest BCUT2D eigenvalue weighted by molar-refractivity contribution is 7.86. The number of hydrogen-bond acceptors (Lipinski definition) is 6. The van der Waals surface area contributed by atoms with Crippen molar-refractivity contribution in [2.75, 3.05) is 6.61 Å². The SMILES string of the molecule is CCOC(=O)[C@@H](CCCc1ccccc1)OS(=O)(=O)c1cccc(Oc2ccccc2)c1. The average molecular weight is 455 g/mol. The van der Waals surface area contributed by atoms with Crippen LogP contribution in [0.3, 0.4) is 0 Å². The predicted molar refractivity (Wildman–Crippen MR) is 121 cm³/mol. The van der Waals surface area contributed by atoms with Gasteiger partial charge < -0.3 is 9.47 Å². The Morgan fingerprint density at radius 2 is 1.53 bits per heavy atom. The van der Waals surface area contributed by atoms with Crippen LogP contribution in [0.2, 0.25) is 0 Å². The third-order valence-electron chi connectivity index (χ3n) is 4.64. The lowest BCUT2D eigenvalue weighted by atomic mass is 10.1. The van der Waals surface area contributed by atoms with Crippen molar-refractivity contribution in [3.8, 4) is 11.5 Å². The molecule has 0 amide bonds. The molecule has 0 saturated carbocycles. The summed E-state index contributed by atoms with van der Waals surface area (Å²) in [6, 6.07) is 24.8. The fourth-order valence-corrected chi connectivity index (χ4v) is 4.20. The van der Waals surface area contributed by atoms with Crippen molar-refractivity contribution in [1.29, 1.82) is 0 Å². The van der Waals surface area contributed by atoms with Crippen LogP contribution in [-0.2, 0) is 30.3 Å². The number of carbonyl (C=O) groups excluding carboxylic acids is 1. The summed E-state index contributed by atoms with van der Waals surface area (Å²) in [5.74, 6) is 0.228. The lowest BCUT2D eigenvalue weighted by Gasteiger charge is -2.16. The van der Waals surface area contributed by atoms with Gasteiger partial charge in [0, 0.05) is 6.07 Å². The second-order valence-electron chi connectivity index (χ2n) is 7.06. The van der Waals surface area contributed by atoms with Crippen LogP contribution in [0.5, 0.6) is 11.5 Å². The first-order chi connectivity index (χ1) is 15.5. The van der Waals surface area contributed by atoms with E-state index in [9.17, 15) is 13.2 Å². The minimum Gasteiger partial charge on any atom is -0.464 e. The molecule has 0 N–H and O–H groups in total. The number of hydrogen-bond donors (Lipinski definition) is 0. The maximum Gasteiger partial charge on any atom is 0.336 e. The summed E-state index contributed by atoms with van der Waals surface area (Å²) in [7, 11) is -4.21. The Hall–Kier alpha value is -3.16. The fourth-order valence-electron chi connectivity index (χ4n) is 3.10. The van der Waals surface area contributed by atoms with Gasteiger partial charge in [-0.05, 0) is 56.0 Å². The normalized spacial score (nSPS) is 12.2. The minimum atomic E-state index is -4.21. The van der Waals surface area contributed by atoms with Gasteiger partial charge >= 0.3 is 5.97 Å². The molecule has 0 aliphatic heterocycles. The molecule has 32 heavy (non-hydrogen) atoms. The van der Waals surface area contributed by atoms with Gasteiger partial charge in [-0.1, -0.05) is 54.6 Å². The number of rotatable bonds is 11. The molecule has 168 valence electrons. The Bertz CT molecular complexity index is 1100. The Kier molecular flexibility index (Phi) is 8.41. The number of para-hydroxylation sites is 1. The van der Waals surface area contributed by atoms with Crippen LogP contribution in [0.4, 0.5) is 0 Å². The zero-order chi connectivity index (χ0) is 22.8. The number of carbonyl (C=O) groups is 1. The number of ether oxygens (including phenoxy) is 2. The molecule has 7 heteroatoms. The molecular weight excluding hydrogens is 428 g/mol. The zero-order valence-corrected chi connectivity index (χ0v) is 18.7. The molecule has 0 heterocycles. The van der Waals surface area contributed by atoms with E-state index in [1.807, 2.05) is 48.5 Å². The van der Waals surface area contributed by atoms with Gasteiger partial charge in [-0.15, -0.1) is 0 Å². The molecular formula is C25H26O6S. The summed E-state index contributed by atoms with van der Waals surface area (Å²) < 4.78 is 41.9. The fraction of sp³-hybridized carbons (Fsp3) is 0.240. The van der Waals surface area contributed by atoms with Gasteiger partial charge in [0.25, 0.3) is 10.1 Å².